The molecular weight excluding hydrogens is 332 g/mol. The molecule has 1 heterocycles. The van der Waals surface area contributed by atoms with Gasteiger partial charge in [0.05, 0.1) is 12.1 Å². The van der Waals surface area contributed by atoms with Crippen molar-refractivity contribution in [2.45, 2.75) is 38.4 Å². The Morgan fingerprint density at radius 3 is 2.54 bits per heavy atom. The highest BCUT2D eigenvalue weighted by Gasteiger charge is 2.41. The minimum absolute atomic E-state index is 0.310. The summed E-state index contributed by atoms with van der Waals surface area (Å²) in [7, 11) is 0. The average Bonchev–Trinajstić information content (AvgIpc) is 3.47. The van der Waals surface area contributed by atoms with Crippen LogP contribution in [0.5, 0.6) is 0 Å². The lowest BCUT2D eigenvalue weighted by molar-refractivity contribution is -0.123. The van der Waals surface area contributed by atoms with Crippen LogP contribution in [0.1, 0.15) is 25.3 Å². The van der Waals surface area contributed by atoms with E-state index < -0.39 is 16.8 Å². The number of carbonyl (C=O) groups excluding carboxylic acids is 1. The van der Waals surface area contributed by atoms with E-state index >= 15 is 0 Å². The topological polar surface area (TPSA) is 99.1 Å². The fourth-order valence-corrected chi connectivity index (χ4v) is 3.14. The Morgan fingerprint density at radius 1 is 1.23 bits per heavy atom. The van der Waals surface area contributed by atoms with Crippen LogP contribution in [-0.4, -0.2) is 27.1 Å². The van der Waals surface area contributed by atoms with Crippen LogP contribution in [0.3, 0.4) is 0 Å². The molecule has 26 heavy (non-hydrogen) atoms. The first-order valence-electron chi connectivity index (χ1n) is 8.78. The Balaban J connectivity index is 1.79. The number of carbonyl (C=O) groups is 1. The first kappa shape index (κ1) is 18.1. The summed E-state index contributed by atoms with van der Waals surface area (Å²) in [4.78, 5) is 37.2. The van der Waals surface area contributed by atoms with E-state index in [4.69, 9.17) is 5.73 Å². The number of hydrogen-bond acceptors (Lipinski definition) is 4. The number of benzene rings is 1. The second kappa shape index (κ2) is 7.29. The van der Waals surface area contributed by atoms with Crippen molar-refractivity contribution in [2.24, 2.45) is 11.7 Å². The average molecular weight is 356 g/mol. The summed E-state index contributed by atoms with van der Waals surface area (Å²) < 4.78 is 2.38. The van der Waals surface area contributed by atoms with Crippen molar-refractivity contribution in [2.75, 3.05) is 6.54 Å². The molecule has 3 N–H and O–H groups in total. The van der Waals surface area contributed by atoms with E-state index in [1.165, 1.54) is 16.8 Å². The van der Waals surface area contributed by atoms with Crippen molar-refractivity contribution in [1.82, 2.24) is 14.5 Å². The van der Waals surface area contributed by atoms with Gasteiger partial charge in [-0.3, -0.25) is 18.7 Å². The zero-order valence-corrected chi connectivity index (χ0v) is 14.9. The van der Waals surface area contributed by atoms with Crippen molar-refractivity contribution in [3.05, 3.63) is 69.0 Å². The van der Waals surface area contributed by atoms with Gasteiger partial charge in [-0.25, -0.2) is 4.79 Å². The predicted octanol–water partition coefficient (Wildman–Crippen LogP) is 0.302. The number of aromatic nitrogens is 2. The van der Waals surface area contributed by atoms with Crippen LogP contribution in [0.2, 0.25) is 0 Å². The Bertz CT molecular complexity index is 899. The van der Waals surface area contributed by atoms with E-state index in [0.29, 0.717) is 19.0 Å². The Labute approximate surface area is 151 Å². The zero-order valence-electron chi connectivity index (χ0n) is 14.9. The van der Waals surface area contributed by atoms with E-state index in [0.717, 1.165) is 23.0 Å². The molecule has 1 aliphatic rings. The summed E-state index contributed by atoms with van der Waals surface area (Å²) in [6.07, 6.45) is 3.52. The molecule has 3 rings (SSSR count). The van der Waals surface area contributed by atoms with Crippen LogP contribution < -0.4 is 22.3 Å². The highest BCUT2D eigenvalue weighted by molar-refractivity contribution is 5.76. The van der Waals surface area contributed by atoms with E-state index in [1.54, 1.807) is 0 Å². The third-order valence-corrected chi connectivity index (χ3v) is 4.96. The van der Waals surface area contributed by atoms with E-state index in [-0.39, 0.29) is 12.5 Å². The van der Waals surface area contributed by atoms with Gasteiger partial charge in [-0.05, 0) is 31.2 Å². The zero-order chi connectivity index (χ0) is 18.7. The second-order valence-corrected chi connectivity index (χ2v) is 7.08. The van der Waals surface area contributed by atoms with Gasteiger partial charge in [0.1, 0.15) is 6.54 Å². The quantitative estimate of drug-likeness (QED) is 0.745. The maximum Gasteiger partial charge on any atom is 0.331 e. The molecule has 0 spiro atoms. The number of rotatable bonds is 7. The van der Waals surface area contributed by atoms with Crippen molar-refractivity contribution >= 4 is 5.91 Å². The van der Waals surface area contributed by atoms with Gasteiger partial charge in [0.25, 0.3) is 5.56 Å². The molecule has 7 heteroatoms. The summed E-state index contributed by atoms with van der Waals surface area (Å²) in [6, 6.07) is 10.8. The lowest BCUT2D eigenvalue weighted by Crippen LogP contribution is -2.55. The van der Waals surface area contributed by atoms with Crippen LogP contribution in [0.4, 0.5) is 0 Å². The third-order valence-electron chi connectivity index (χ3n) is 4.96. The SMILES string of the molecule is CC(CN)(NC(=O)Cn1c(=O)ccn(Cc2ccccc2)c1=O)C1CC1. The fraction of sp³-hybridized carbons (Fsp3) is 0.421. The molecule has 1 fully saturated rings. The van der Waals surface area contributed by atoms with Crippen molar-refractivity contribution in [3.63, 3.8) is 0 Å². The number of nitrogens with one attached hydrogen (secondary N) is 1. The van der Waals surface area contributed by atoms with Gasteiger partial charge in [0, 0.05) is 18.8 Å². The van der Waals surface area contributed by atoms with Crippen LogP contribution in [-0.2, 0) is 17.9 Å². The van der Waals surface area contributed by atoms with Gasteiger partial charge < -0.3 is 11.1 Å². The molecule has 7 nitrogen and oxygen atoms in total. The Hall–Kier alpha value is -2.67. The summed E-state index contributed by atoms with van der Waals surface area (Å²) >= 11 is 0. The molecule has 1 amide bonds. The predicted molar refractivity (Wildman–Crippen MR) is 98.8 cm³/mol. The van der Waals surface area contributed by atoms with Crippen molar-refractivity contribution in [1.29, 1.82) is 0 Å². The number of nitrogens with zero attached hydrogens (tertiary/aromatic N) is 2. The van der Waals surface area contributed by atoms with E-state index in [1.807, 2.05) is 37.3 Å². The van der Waals surface area contributed by atoms with E-state index in [2.05, 4.69) is 5.32 Å². The van der Waals surface area contributed by atoms with Gasteiger partial charge in [-0.2, -0.15) is 0 Å². The maximum absolute atomic E-state index is 12.6. The lowest BCUT2D eigenvalue weighted by atomic mass is 9.96. The Morgan fingerprint density at radius 2 is 1.92 bits per heavy atom. The van der Waals surface area contributed by atoms with Gasteiger partial charge in [-0.1, -0.05) is 30.3 Å². The van der Waals surface area contributed by atoms with Gasteiger partial charge in [-0.15, -0.1) is 0 Å². The molecule has 0 aliphatic heterocycles. The number of hydrogen-bond donors (Lipinski definition) is 2. The van der Waals surface area contributed by atoms with Crippen molar-refractivity contribution < 1.29 is 4.79 Å². The number of nitrogens with two attached hydrogens (primary N) is 1. The minimum Gasteiger partial charge on any atom is -0.348 e. The van der Waals surface area contributed by atoms with E-state index in [9.17, 15) is 14.4 Å². The molecule has 1 aromatic heterocycles. The summed E-state index contributed by atoms with van der Waals surface area (Å²) in [5, 5.41) is 2.91. The molecule has 0 radical (unpaired) electrons. The monoisotopic (exact) mass is 356 g/mol. The second-order valence-electron chi connectivity index (χ2n) is 7.08. The molecule has 0 saturated heterocycles. The fourth-order valence-electron chi connectivity index (χ4n) is 3.14. The maximum atomic E-state index is 12.6. The third kappa shape index (κ3) is 3.94. The van der Waals surface area contributed by atoms with Gasteiger partial charge >= 0.3 is 5.69 Å². The first-order chi connectivity index (χ1) is 12.4. The van der Waals surface area contributed by atoms with Crippen LogP contribution in [0.15, 0.2) is 52.2 Å². The van der Waals surface area contributed by atoms with Crippen LogP contribution in [0.25, 0.3) is 0 Å². The molecule has 1 unspecified atom stereocenters. The highest BCUT2D eigenvalue weighted by atomic mass is 16.2. The summed E-state index contributed by atoms with van der Waals surface area (Å²) in [5.74, 6) is -0.0137. The Kier molecular flexibility index (Phi) is 5.08. The summed E-state index contributed by atoms with van der Waals surface area (Å²) in [6.45, 7) is 2.26. The van der Waals surface area contributed by atoms with Gasteiger partial charge in [0.15, 0.2) is 0 Å². The van der Waals surface area contributed by atoms with Crippen molar-refractivity contribution in [3.8, 4) is 0 Å². The molecule has 2 aromatic rings. The molecule has 1 saturated carbocycles. The molecular formula is C19H24N4O3. The minimum atomic E-state index is -0.502. The molecule has 1 atom stereocenters. The van der Waals surface area contributed by atoms with Gasteiger partial charge in [0.2, 0.25) is 5.91 Å². The lowest BCUT2D eigenvalue weighted by Gasteiger charge is -2.29. The molecule has 0 bridgehead atoms. The summed E-state index contributed by atoms with van der Waals surface area (Å²) in [5.41, 5.74) is 5.27. The van der Waals surface area contributed by atoms with Crippen LogP contribution >= 0.6 is 0 Å². The standard InChI is InChI=1S/C19H24N4O3/c1-19(13-20,15-7-8-15)21-16(24)12-23-17(25)9-10-22(18(23)26)11-14-5-3-2-4-6-14/h2-6,9-10,15H,7-8,11-13,20H2,1H3,(H,21,24). The first-order valence-corrected chi connectivity index (χ1v) is 8.78. The molecule has 1 aromatic carbocycles. The largest absolute Gasteiger partial charge is 0.348 e. The van der Waals surface area contributed by atoms with Crippen LogP contribution in [0, 0.1) is 5.92 Å². The number of amides is 1. The highest BCUT2D eigenvalue weighted by Crippen LogP contribution is 2.38. The molecule has 1 aliphatic carbocycles. The molecule has 138 valence electrons. The normalized spacial score (nSPS) is 16.1. The smallest absolute Gasteiger partial charge is 0.331 e.